The standard InChI is InChI=1S/C13H12BrClN4O2/c14-8-1-3-9(4-2-8)18-11(20)5-6-16-10-7-17-19-13(21)12(10)15/h1-4,7H,5-6H2,(H,18,20)(H2,16,19,21). The van der Waals surface area contributed by atoms with Crippen molar-refractivity contribution in [1.82, 2.24) is 10.2 Å². The van der Waals surface area contributed by atoms with Gasteiger partial charge in [-0.25, -0.2) is 5.10 Å². The van der Waals surface area contributed by atoms with Gasteiger partial charge >= 0.3 is 0 Å². The number of benzene rings is 1. The Morgan fingerprint density at radius 2 is 2.05 bits per heavy atom. The highest BCUT2D eigenvalue weighted by Crippen LogP contribution is 2.15. The Balaban J connectivity index is 1.83. The topological polar surface area (TPSA) is 86.9 Å². The third kappa shape index (κ3) is 4.57. The average Bonchev–Trinajstić information content (AvgIpc) is 2.46. The van der Waals surface area contributed by atoms with E-state index >= 15 is 0 Å². The number of aromatic nitrogens is 2. The van der Waals surface area contributed by atoms with Gasteiger partial charge in [-0.15, -0.1) is 0 Å². The minimum Gasteiger partial charge on any atom is -0.382 e. The molecule has 0 unspecified atom stereocenters. The fourth-order valence-electron chi connectivity index (χ4n) is 1.57. The van der Waals surface area contributed by atoms with E-state index in [4.69, 9.17) is 11.6 Å². The number of halogens is 2. The Morgan fingerprint density at radius 1 is 1.33 bits per heavy atom. The summed E-state index contributed by atoms with van der Waals surface area (Å²) in [5, 5.41) is 11.5. The van der Waals surface area contributed by atoms with Crippen molar-refractivity contribution < 1.29 is 4.79 Å². The van der Waals surface area contributed by atoms with Gasteiger partial charge < -0.3 is 10.6 Å². The van der Waals surface area contributed by atoms with Crippen LogP contribution in [0.25, 0.3) is 0 Å². The first-order valence-corrected chi connectivity index (χ1v) is 7.26. The first-order valence-electron chi connectivity index (χ1n) is 6.09. The molecule has 1 aromatic heterocycles. The Kier molecular flexibility index (Phi) is 5.35. The van der Waals surface area contributed by atoms with Crippen LogP contribution in [0.3, 0.4) is 0 Å². The maximum absolute atomic E-state index is 11.8. The molecule has 2 aromatic rings. The number of carbonyl (C=O) groups is 1. The summed E-state index contributed by atoms with van der Waals surface area (Å²) < 4.78 is 0.943. The van der Waals surface area contributed by atoms with Gasteiger partial charge in [-0.05, 0) is 24.3 Å². The van der Waals surface area contributed by atoms with Gasteiger partial charge in [0.05, 0.1) is 11.9 Å². The summed E-state index contributed by atoms with van der Waals surface area (Å²) in [6.45, 7) is 0.340. The largest absolute Gasteiger partial charge is 0.382 e. The van der Waals surface area contributed by atoms with Crippen molar-refractivity contribution in [3.63, 3.8) is 0 Å². The Labute approximate surface area is 134 Å². The molecule has 0 aliphatic heterocycles. The third-order valence-corrected chi connectivity index (χ3v) is 3.49. The number of anilines is 2. The van der Waals surface area contributed by atoms with Gasteiger partial charge in [0.15, 0.2) is 0 Å². The number of rotatable bonds is 5. The van der Waals surface area contributed by atoms with Crippen LogP contribution in [0.4, 0.5) is 11.4 Å². The lowest BCUT2D eigenvalue weighted by Crippen LogP contribution is -2.18. The van der Waals surface area contributed by atoms with Gasteiger partial charge in [-0.1, -0.05) is 27.5 Å². The molecule has 0 aliphatic carbocycles. The van der Waals surface area contributed by atoms with Crippen molar-refractivity contribution in [2.75, 3.05) is 17.2 Å². The average molecular weight is 372 g/mol. The summed E-state index contributed by atoms with van der Waals surface area (Å²) in [4.78, 5) is 23.0. The summed E-state index contributed by atoms with van der Waals surface area (Å²) in [5.41, 5.74) is 0.650. The van der Waals surface area contributed by atoms with Crippen molar-refractivity contribution in [2.45, 2.75) is 6.42 Å². The molecule has 8 heteroatoms. The van der Waals surface area contributed by atoms with E-state index in [1.807, 2.05) is 12.1 Å². The number of amides is 1. The second-order valence-corrected chi connectivity index (χ2v) is 5.45. The monoisotopic (exact) mass is 370 g/mol. The van der Waals surface area contributed by atoms with E-state index in [0.29, 0.717) is 12.2 Å². The lowest BCUT2D eigenvalue weighted by atomic mass is 10.3. The van der Waals surface area contributed by atoms with E-state index in [1.165, 1.54) is 6.20 Å². The van der Waals surface area contributed by atoms with Crippen LogP contribution in [0.2, 0.25) is 5.02 Å². The molecule has 0 atom stereocenters. The van der Waals surface area contributed by atoms with E-state index in [0.717, 1.165) is 10.2 Å². The van der Waals surface area contributed by atoms with Crippen molar-refractivity contribution in [2.24, 2.45) is 0 Å². The van der Waals surface area contributed by atoms with Gasteiger partial charge in [0.25, 0.3) is 5.56 Å². The molecule has 110 valence electrons. The normalized spacial score (nSPS) is 10.2. The fraction of sp³-hybridized carbons (Fsp3) is 0.154. The number of nitrogens with one attached hydrogen (secondary N) is 3. The smallest absolute Gasteiger partial charge is 0.285 e. The maximum Gasteiger partial charge on any atom is 0.285 e. The van der Waals surface area contributed by atoms with Crippen LogP contribution in [0.1, 0.15) is 6.42 Å². The second kappa shape index (κ2) is 7.24. The summed E-state index contributed by atoms with van der Waals surface area (Å²) in [6.07, 6.45) is 1.63. The molecule has 0 radical (unpaired) electrons. The molecule has 21 heavy (non-hydrogen) atoms. The summed E-state index contributed by atoms with van der Waals surface area (Å²) in [5.74, 6) is -0.140. The number of hydrogen-bond acceptors (Lipinski definition) is 4. The molecule has 0 spiro atoms. The Bertz CT molecular complexity index is 687. The number of H-pyrrole nitrogens is 1. The van der Waals surface area contributed by atoms with Gasteiger partial charge in [-0.3, -0.25) is 9.59 Å². The minimum atomic E-state index is -0.471. The van der Waals surface area contributed by atoms with Gasteiger partial charge in [0, 0.05) is 23.1 Å². The molecule has 0 fully saturated rings. The van der Waals surface area contributed by atoms with E-state index in [-0.39, 0.29) is 17.4 Å². The molecule has 3 N–H and O–H groups in total. The van der Waals surface area contributed by atoms with Gasteiger partial charge in [0.1, 0.15) is 5.02 Å². The predicted molar refractivity (Wildman–Crippen MR) is 85.7 cm³/mol. The number of hydrogen-bond donors (Lipinski definition) is 3. The summed E-state index contributed by atoms with van der Waals surface area (Å²) in [6, 6.07) is 7.28. The van der Waals surface area contributed by atoms with Crippen LogP contribution < -0.4 is 16.2 Å². The Morgan fingerprint density at radius 3 is 2.76 bits per heavy atom. The first kappa shape index (κ1) is 15.5. The summed E-state index contributed by atoms with van der Waals surface area (Å²) in [7, 11) is 0. The van der Waals surface area contributed by atoms with Crippen molar-refractivity contribution in [3.8, 4) is 0 Å². The van der Waals surface area contributed by atoms with Crippen LogP contribution in [0, 0.1) is 0 Å². The summed E-state index contributed by atoms with van der Waals surface area (Å²) >= 11 is 9.12. The molecular weight excluding hydrogens is 360 g/mol. The minimum absolute atomic E-state index is 0.0262. The van der Waals surface area contributed by atoms with Crippen LogP contribution in [-0.4, -0.2) is 22.6 Å². The van der Waals surface area contributed by atoms with E-state index in [2.05, 4.69) is 36.8 Å². The molecule has 0 saturated heterocycles. The highest BCUT2D eigenvalue weighted by molar-refractivity contribution is 9.10. The van der Waals surface area contributed by atoms with Gasteiger partial charge in [0.2, 0.25) is 5.91 Å². The molecule has 6 nitrogen and oxygen atoms in total. The van der Waals surface area contributed by atoms with Crippen LogP contribution in [0.15, 0.2) is 39.7 Å². The van der Waals surface area contributed by atoms with Crippen LogP contribution >= 0.6 is 27.5 Å². The molecule has 1 amide bonds. The lowest BCUT2D eigenvalue weighted by molar-refractivity contribution is -0.115. The molecular formula is C13H12BrClN4O2. The van der Waals surface area contributed by atoms with E-state index < -0.39 is 5.56 Å². The fourth-order valence-corrected chi connectivity index (χ4v) is 2.00. The number of nitrogens with zero attached hydrogens (tertiary/aromatic N) is 1. The molecule has 0 saturated carbocycles. The lowest BCUT2D eigenvalue weighted by Gasteiger charge is -2.08. The highest BCUT2D eigenvalue weighted by Gasteiger charge is 2.06. The van der Waals surface area contributed by atoms with Crippen LogP contribution in [0.5, 0.6) is 0 Å². The third-order valence-electron chi connectivity index (χ3n) is 2.59. The quantitative estimate of drug-likeness (QED) is 0.754. The maximum atomic E-state index is 11.8. The Hall–Kier alpha value is -1.86. The molecule has 0 bridgehead atoms. The zero-order valence-corrected chi connectivity index (χ0v) is 13.2. The van der Waals surface area contributed by atoms with Crippen LogP contribution in [-0.2, 0) is 4.79 Å². The molecule has 0 aliphatic rings. The van der Waals surface area contributed by atoms with E-state index in [9.17, 15) is 9.59 Å². The van der Waals surface area contributed by atoms with Gasteiger partial charge in [-0.2, -0.15) is 5.10 Å². The second-order valence-electron chi connectivity index (χ2n) is 4.16. The number of aromatic amines is 1. The van der Waals surface area contributed by atoms with Crippen molar-refractivity contribution >= 4 is 44.8 Å². The SMILES string of the molecule is O=C(CCNc1cn[nH]c(=O)c1Cl)Nc1ccc(Br)cc1. The molecule has 1 heterocycles. The van der Waals surface area contributed by atoms with Crippen molar-refractivity contribution in [1.29, 1.82) is 0 Å². The zero-order chi connectivity index (χ0) is 15.2. The first-order chi connectivity index (χ1) is 10.1. The number of carbonyl (C=O) groups excluding carboxylic acids is 1. The predicted octanol–water partition coefficient (Wildman–Crippen LogP) is 2.63. The molecule has 2 rings (SSSR count). The van der Waals surface area contributed by atoms with E-state index in [1.54, 1.807) is 12.1 Å². The van der Waals surface area contributed by atoms with Crippen molar-refractivity contribution in [3.05, 3.63) is 50.3 Å². The zero-order valence-electron chi connectivity index (χ0n) is 10.8. The highest BCUT2D eigenvalue weighted by atomic mass is 79.9. The molecule has 1 aromatic carbocycles.